The lowest BCUT2D eigenvalue weighted by molar-refractivity contribution is 0.598. The molecule has 0 bridgehead atoms. The largest absolute Gasteiger partial charge is 0.245 e. The van der Waals surface area contributed by atoms with Gasteiger partial charge in [0.2, 0.25) is 0 Å². The van der Waals surface area contributed by atoms with Crippen LogP contribution in [0, 0.1) is 0 Å². The Morgan fingerprint density at radius 2 is 1.67 bits per heavy atom. The summed E-state index contributed by atoms with van der Waals surface area (Å²) >= 11 is 0. The predicted octanol–water partition coefficient (Wildman–Crippen LogP) is 1.67. The van der Waals surface area contributed by atoms with E-state index in [1.54, 1.807) is 29.7 Å². The lowest BCUT2D eigenvalue weighted by Gasteiger charge is -2.21. The molecule has 0 unspecified atom stereocenters. The summed E-state index contributed by atoms with van der Waals surface area (Å²) in [5.41, 5.74) is 0.924. The van der Waals surface area contributed by atoms with E-state index >= 15 is 0 Å². The van der Waals surface area contributed by atoms with Gasteiger partial charge in [-0.1, -0.05) is 23.1 Å². The molecule has 0 radical (unpaired) electrons. The zero-order valence-electron chi connectivity index (χ0n) is 9.46. The molecule has 88 valence electrons. The second-order valence-electron chi connectivity index (χ2n) is 3.51. The van der Waals surface area contributed by atoms with E-state index in [-0.39, 0.29) is 0 Å². The van der Waals surface area contributed by atoms with Crippen molar-refractivity contribution in [2.24, 2.45) is 0 Å². The molecule has 0 saturated heterocycles. The monoisotopic (exact) mass is 238 g/mol. The van der Waals surface area contributed by atoms with E-state index in [1.807, 2.05) is 30.3 Å². The van der Waals surface area contributed by atoms with Crippen LogP contribution in [-0.2, 0) is 0 Å². The van der Waals surface area contributed by atoms with E-state index in [0.717, 1.165) is 5.69 Å². The second-order valence-corrected chi connectivity index (χ2v) is 3.51. The van der Waals surface area contributed by atoms with Gasteiger partial charge >= 0.3 is 0 Å². The van der Waals surface area contributed by atoms with Crippen LogP contribution in [0.25, 0.3) is 0 Å². The van der Waals surface area contributed by atoms with Gasteiger partial charge in [0.25, 0.3) is 0 Å². The topological polar surface area (TPSA) is 59.7 Å². The molecule has 3 rings (SSSR count). The second kappa shape index (κ2) is 4.62. The third-order valence-electron chi connectivity index (χ3n) is 2.37. The van der Waals surface area contributed by atoms with Crippen LogP contribution in [-0.4, -0.2) is 25.1 Å². The molecule has 18 heavy (non-hydrogen) atoms. The van der Waals surface area contributed by atoms with Gasteiger partial charge in [0.1, 0.15) is 6.33 Å². The van der Waals surface area contributed by atoms with Crippen molar-refractivity contribution in [3.63, 3.8) is 0 Å². The van der Waals surface area contributed by atoms with Gasteiger partial charge in [0.05, 0.1) is 18.1 Å². The van der Waals surface area contributed by atoms with Crippen molar-refractivity contribution in [3.8, 4) is 0 Å². The number of rotatable bonds is 3. The summed E-state index contributed by atoms with van der Waals surface area (Å²) in [6, 6.07) is 11.6. The third kappa shape index (κ3) is 1.91. The fourth-order valence-corrected chi connectivity index (χ4v) is 1.62. The number of anilines is 2. The standard InChI is InChI=1S/C12H10N6/c1-2-4-11(5-3-1)17(18-15-8-9-16-18)12-6-7-13-10-14-12/h1-10H. The Labute approximate surface area is 104 Å². The van der Waals surface area contributed by atoms with Crippen LogP contribution in [0.1, 0.15) is 0 Å². The Bertz CT molecular complexity index is 554. The molecule has 2 heterocycles. The van der Waals surface area contributed by atoms with Crippen molar-refractivity contribution < 1.29 is 0 Å². The van der Waals surface area contributed by atoms with E-state index in [2.05, 4.69) is 20.2 Å². The summed E-state index contributed by atoms with van der Waals surface area (Å²) in [7, 11) is 0. The molecule has 6 heteroatoms. The van der Waals surface area contributed by atoms with E-state index in [0.29, 0.717) is 5.82 Å². The van der Waals surface area contributed by atoms with E-state index < -0.39 is 0 Å². The average Bonchev–Trinajstić information content (AvgIpc) is 2.95. The Hall–Kier alpha value is -2.76. The maximum atomic E-state index is 4.23. The molecule has 3 aromatic rings. The number of hydrogen-bond donors (Lipinski definition) is 0. The average molecular weight is 238 g/mol. The zero-order chi connectivity index (χ0) is 12.2. The molecule has 6 nitrogen and oxygen atoms in total. The molecule has 0 spiro atoms. The molecule has 1 aromatic carbocycles. The number of aromatic nitrogens is 5. The summed E-state index contributed by atoms with van der Waals surface area (Å²) in [4.78, 5) is 9.62. The quantitative estimate of drug-likeness (QED) is 0.694. The Morgan fingerprint density at radius 1 is 0.889 bits per heavy atom. The van der Waals surface area contributed by atoms with Gasteiger partial charge in [-0.25, -0.2) is 9.97 Å². The van der Waals surface area contributed by atoms with Crippen LogP contribution in [0.3, 0.4) is 0 Å². The summed E-state index contributed by atoms with van der Waals surface area (Å²) in [6.07, 6.45) is 6.42. The zero-order valence-corrected chi connectivity index (χ0v) is 9.46. The smallest absolute Gasteiger partial charge is 0.159 e. The van der Waals surface area contributed by atoms with Crippen LogP contribution >= 0.6 is 0 Å². The van der Waals surface area contributed by atoms with Crippen LogP contribution in [0.4, 0.5) is 11.5 Å². The number of nitrogens with zero attached hydrogens (tertiary/aromatic N) is 6. The predicted molar refractivity (Wildman–Crippen MR) is 66.0 cm³/mol. The Balaban J connectivity index is 2.11. The molecule has 2 aromatic heterocycles. The SMILES string of the molecule is c1ccc(N(c2ccncn2)n2nccn2)cc1. The molecular formula is C12H10N6. The van der Waals surface area contributed by atoms with Crippen LogP contribution in [0.15, 0.2) is 61.3 Å². The minimum Gasteiger partial charge on any atom is -0.245 e. The normalized spacial score (nSPS) is 10.2. The summed E-state index contributed by atoms with van der Waals surface area (Å²) in [5.74, 6) is 0.701. The maximum absolute atomic E-state index is 4.23. The van der Waals surface area contributed by atoms with E-state index in [1.165, 1.54) is 11.2 Å². The highest BCUT2D eigenvalue weighted by Gasteiger charge is 2.13. The minimum atomic E-state index is 0.701. The van der Waals surface area contributed by atoms with Gasteiger partial charge in [-0.3, -0.25) is 0 Å². The maximum Gasteiger partial charge on any atom is 0.159 e. The lowest BCUT2D eigenvalue weighted by atomic mass is 10.3. The van der Waals surface area contributed by atoms with Gasteiger partial charge < -0.3 is 0 Å². The molecule has 0 aliphatic rings. The highest BCUT2D eigenvalue weighted by molar-refractivity contribution is 5.57. The van der Waals surface area contributed by atoms with Crippen molar-refractivity contribution in [1.29, 1.82) is 0 Å². The number of benzene rings is 1. The Kier molecular flexibility index (Phi) is 2.67. The summed E-state index contributed by atoms with van der Waals surface area (Å²) in [5, 5.41) is 10.1. The number of hydrogen-bond acceptors (Lipinski definition) is 5. The number of para-hydroxylation sites is 1. The third-order valence-corrected chi connectivity index (χ3v) is 2.37. The molecule has 0 aliphatic carbocycles. The van der Waals surface area contributed by atoms with E-state index in [9.17, 15) is 0 Å². The molecule has 0 amide bonds. The van der Waals surface area contributed by atoms with Crippen molar-refractivity contribution >= 4 is 11.5 Å². The first-order valence-corrected chi connectivity index (χ1v) is 5.43. The molecule has 0 fully saturated rings. The van der Waals surface area contributed by atoms with Crippen LogP contribution in [0.5, 0.6) is 0 Å². The first kappa shape index (κ1) is 10.4. The van der Waals surface area contributed by atoms with Gasteiger partial charge in [-0.05, 0) is 12.1 Å². The molecule has 0 N–H and O–H groups in total. The molecular weight excluding hydrogens is 228 g/mol. The van der Waals surface area contributed by atoms with Crippen molar-refractivity contribution in [1.82, 2.24) is 25.1 Å². The molecule has 0 aliphatic heterocycles. The highest BCUT2D eigenvalue weighted by Crippen LogP contribution is 2.21. The van der Waals surface area contributed by atoms with Crippen molar-refractivity contribution in [2.45, 2.75) is 0 Å². The first-order valence-electron chi connectivity index (χ1n) is 5.43. The van der Waals surface area contributed by atoms with Crippen LogP contribution < -0.4 is 5.01 Å². The molecule has 0 saturated carbocycles. The van der Waals surface area contributed by atoms with Gasteiger partial charge in [-0.15, -0.1) is 10.2 Å². The minimum absolute atomic E-state index is 0.701. The van der Waals surface area contributed by atoms with Crippen LogP contribution in [0.2, 0.25) is 0 Å². The van der Waals surface area contributed by atoms with Crippen molar-refractivity contribution in [3.05, 3.63) is 61.3 Å². The lowest BCUT2D eigenvalue weighted by Crippen LogP contribution is -2.27. The fourth-order valence-electron chi connectivity index (χ4n) is 1.62. The fraction of sp³-hybridized carbons (Fsp3) is 0. The van der Waals surface area contributed by atoms with Gasteiger partial charge in [0, 0.05) is 12.3 Å². The van der Waals surface area contributed by atoms with Crippen molar-refractivity contribution in [2.75, 3.05) is 5.01 Å². The molecule has 0 atom stereocenters. The summed E-state index contributed by atoms with van der Waals surface area (Å²) < 4.78 is 0. The Morgan fingerprint density at radius 3 is 2.33 bits per heavy atom. The van der Waals surface area contributed by atoms with Gasteiger partial charge in [0.15, 0.2) is 5.82 Å². The highest BCUT2D eigenvalue weighted by atomic mass is 15.8. The first-order chi connectivity index (χ1) is 8.95. The van der Waals surface area contributed by atoms with E-state index in [4.69, 9.17) is 0 Å². The summed E-state index contributed by atoms with van der Waals surface area (Å²) in [6.45, 7) is 0. The van der Waals surface area contributed by atoms with Gasteiger partial charge in [-0.2, -0.15) is 5.01 Å².